The van der Waals surface area contributed by atoms with Crippen LogP contribution in [0.5, 0.6) is 0 Å². The van der Waals surface area contributed by atoms with Gasteiger partial charge in [-0.3, -0.25) is 4.68 Å². The van der Waals surface area contributed by atoms with E-state index in [1.165, 1.54) is 0 Å². The van der Waals surface area contributed by atoms with Crippen molar-refractivity contribution in [3.63, 3.8) is 0 Å². The van der Waals surface area contributed by atoms with Crippen LogP contribution in [0, 0.1) is 19.7 Å². The van der Waals surface area contributed by atoms with Crippen molar-refractivity contribution in [2.45, 2.75) is 27.3 Å². The highest BCUT2D eigenvalue weighted by molar-refractivity contribution is 5.82. The van der Waals surface area contributed by atoms with E-state index in [-0.39, 0.29) is 5.82 Å². The zero-order valence-corrected chi connectivity index (χ0v) is 8.63. The summed E-state index contributed by atoms with van der Waals surface area (Å²) >= 11 is 0. The summed E-state index contributed by atoms with van der Waals surface area (Å²) in [4.78, 5) is 0. The van der Waals surface area contributed by atoms with Crippen LogP contribution in [0.4, 0.5) is 4.39 Å². The van der Waals surface area contributed by atoms with Crippen molar-refractivity contribution in [1.29, 1.82) is 0 Å². The molecule has 74 valence electrons. The average molecular weight is 192 g/mol. The lowest BCUT2D eigenvalue weighted by atomic mass is 10.1. The van der Waals surface area contributed by atoms with Crippen LogP contribution in [0.25, 0.3) is 10.9 Å². The second-order valence-corrected chi connectivity index (χ2v) is 3.54. The number of aryl methyl sites for hydroxylation is 3. The van der Waals surface area contributed by atoms with Gasteiger partial charge in [-0.2, -0.15) is 5.10 Å². The van der Waals surface area contributed by atoms with E-state index >= 15 is 0 Å². The summed E-state index contributed by atoms with van der Waals surface area (Å²) in [5.74, 6) is -0.169. The third-order valence-electron chi connectivity index (χ3n) is 2.49. The Labute approximate surface area is 82.3 Å². The van der Waals surface area contributed by atoms with E-state index in [0.29, 0.717) is 5.39 Å². The Kier molecular flexibility index (Phi) is 2.02. The Morgan fingerprint density at radius 2 is 2.07 bits per heavy atom. The minimum Gasteiger partial charge on any atom is -0.269 e. The number of rotatable bonds is 1. The second-order valence-electron chi connectivity index (χ2n) is 3.54. The molecule has 14 heavy (non-hydrogen) atoms. The number of hydrogen-bond acceptors (Lipinski definition) is 1. The normalized spacial score (nSPS) is 11.1. The number of nitrogens with zero attached hydrogens (tertiary/aromatic N) is 2. The fraction of sp³-hybridized carbons (Fsp3) is 0.364. The van der Waals surface area contributed by atoms with Gasteiger partial charge in [0.1, 0.15) is 5.82 Å². The fourth-order valence-electron chi connectivity index (χ4n) is 1.80. The van der Waals surface area contributed by atoms with Crippen molar-refractivity contribution in [2.24, 2.45) is 0 Å². The highest BCUT2D eigenvalue weighted by Crippen LogP contribution is 2.22. The topological polar surface area (TPSA) is 17.8 Å². The van der Waals surface area contributed by atoms with E-state index in [1.807, 2.05) is 31.5 Å². The van der Waals surface area contributed by atoms with Crippen molar-refractivity contribution < 1.29 is 4.39 Å². The third kappa shape index (κ3) is 1.20. The summed E-state index contributed by atoms with van der Waals surface area (Å²) in [6.45, 7) is 6.56. The predicted octanol–water partition coefficient (Wildman–Crippen LogP) is 2.81. The van der Waals surface area contributed by atoms with Gasteiger partial charge in [-0.05, 0) is 38.5 Å². The fourth-order valence-corrected chi connectivity index (χ4v) is 1.80. The first-order valence-corrected chi connectivity index (χ1v) is 4.76. The van der Waals surface area contributed by atoms with Gasteiger partial charge in [-0.25, -0.2) is 4.39 Å². The molecule has 1 aromatic heterocycles. The molecule has 0 bridgehead atoms. The molecule has 0 aliphatic rings. The summed E-state index contributed by atoms with van der Waals surface area (Å²) in [6, 6.07) is 3.47. The predicted molar refractivity (Wildman–Crippen MR) is 54.8 cm³/mol. The van der Waals surface area contributed by atoms with Gasteiger partial charge in [0.2, 0.25) is 0 Å². The van der Waals surface area contributed by atoms with Crippen LogP contribution in [0.2, 0.25) is 0 Å². The van der Waals surface area contributed by atoms with E-state index in [4.69, 9.17) is 0 Å². The molecule has 0 aliphatic heterocycles. The number of halogens is 1. The summed E-state index contributed by atoms with van der Waals surface area (Å²) in [6.07, 6.45) is 0. The zero-order chi connectivity index (χ0) is 10.3. The summed E-state index contributed by atoms with van der Waals surface area (Å²) < 4.78 is 15.4. The maximum absolute atomic E-state index is 13.6. The van der Waals surface area contributed by atoms with E-state index in [2.05, 4.69) is 5.10 Å². The zero-order valence-electron chi connectivity index (χ0n) is 8.63. The summed E-state index contributed by atoms with van der Waals surface area (Å²) in [5.41, 5.74) is 2.57. The Hall–Kier alpha value is -1.38. The van der Waals surface area contributed by atoms with E-state index in [0.717, 1.165) is 23.3 Å². The Balaban J connectivity index is 2.85. The van der Waals surface area contributed by atoms with E-state index in [9.17, 15) is 4.39 Å². The van der Waals surface area contributed by atoms with Gasteiger partial charge in [0.25, 0.3) is 0 Å². The number of aromatic nitrogens is 2. The van der Waals surface area contributed by atoms with Crippen LogP contribution >= 0.6 is 0 Å². The molecule has 0 radical (unpaired) electrons. The Bertz CT molecular complexity index is 485. The maximum atomic E-state index is 13.6. The lowest BCUT2D eigenvalue weighted by Gasteiger charge is -1.97. The quantitative estimate of drug-likeness (QED) is 0.679. The SMILES string of the molecule is CCn1nc2cc(C)cc(F)c2c1C. The molecule has 0 atom stereocenters. The van der Waals surface area contributed by atoms with Crippen molar-refractivity contribution in [3.05, 3.63) is 29.2 Å². The van der Waals surface area contributed by atoms with Gasteiger partial charge in [0, 0.05) is 12.2 Å². The first kappa shape index (κ1) is 9.19. The van der Waals surface area contributed by atoms with Gasteiger partial charge in [0.15, 0.2) is 0 Å². The molecule has 1 aromatic carbocycles. The Morgan fingerprint density at radius 3 is 2.71 bits per heavy atom. The highest BCUT2D eigenvalue weighted by Gasteiger charge is 2.10. The molecule has 0 unspecified atom stereocenters. The van der Waals surface area contributed by atoms with Gasteiger partial charge < -0.3 is 0 Å². The van der Waals surface area contributed by atoms with Gasteiger partial charge in [-0.15, -0.1) is 0 Å². The maximum Gasteiger partial charge on any atom is 0.134 e. The molecule has 2 rings (SSSR count). The van der Waals surface area contributed by atoms with Gasteiger partial charge in [-0.1, -0.05) is 0 Å². The second kappa shape index (κ2) is 3.08. The molecule has 1 heterocycles. The standard InChI is InChI=1S/C11H13FN2/c1-4-14-8(3)11-9(12)5-7(2)6-10(11)13-14/h5-6H,4H2,1-3H3. The molecule has 0 saturated heterocycles. The van der Waals surface area contributed by atoms with Crippen molar-refractivity contribution in [1.82, 2.24) is 9.78 Å². The lowest BCUT2D eigenvalue weighted by Crippen LogP contribution is -1.97. The minimum absolute atomic E-state index is 0.169. The van der Waals surface area contributed by atoms with Crippen LogP contribution in [0.3, 0.4) is 0 Å². The first-order valence-electron chi connectivity index (χ1n) is 4.76. The first-order chi connectivity index (χ1) is 6.63. The van der Waals surface area contributed by atoms with Crippen LogP contribution in [-0.2, 0) is 6.54 Å². The molecule has 2 nitrogen and oxygen atoms in total. The van der Waals surface area contributed by atoms with Gasteiger partial charge >= 0.3 is 0 Å². The van der Waals surface area contributed by atoms with Crippen molar-refractivity contribution in [3.8, 4) is 0 Å². The largest absolute Gasteiger partial charge is 0.269 e. The number of hydrogen-bond donors (Lipinski definition) is 0. The van der Waals surface area contributed by atoms with Crippen molar-refractivity contribution in [2.75, 3.05) is 0 Å². The summed E-state index contributed by atoms with van der Waals surface area (Å²) in [5, 5.41) is 4.98. The smallest absolute Gasteiger partial charge is 0.134 e. The van der Waals surface area contributed by atoms with Crippen LogP contribution < -0.4 is 0 Å². The van der Waals surface area contributed by atoms with Gasteiger partial charge in [0.05, 0.1) is 10.9 Å². The van der Waals surface area contributed by atoms with Crippen LogP contribution in [-0.4, -0.2) is 9.78 Å². The number of fused-ring (bicyclic) bond motifs is 1. The third-order valence-corrected chi connectivity index (χ3v) is 2.49. The van der Waals surface area contributed by atoms with Crippen LogP contribution in [0.15, 0.2) is 12.1 Å². The number of benzene rings is 1. The molecular formula is C11H13FN2. The van der Waals surface area contributed by atoms with E-state index in [1.54, 1.807) is 6.07 Å². The molecule has 0 aliphatic carbocycles. The van der Waals surface area contributed by atoms with E-state index < -0.39 is 0 Å². The van der Waals surface area contributed by atoms with Crippen molar-refractivity contribution >= 4 is 10.9 Å². The van der Waals surface area contributed by atoms with Crippen LogP contribution in [0.1, 0.15) is 18.2 Å². The Morgan fingerprint density at radius 1 is 1.36 bits per heavy atom. The monoisotopic (exact) mass is 192 g/mol. The molecular weight excluding hydrogens is 179 g/mol. The molecule has 2 aromatic rings. The molecule has 0 saturated carbocycles. The molecule has 0 N–H and O–H groups in total. The summed E-state index contributed by atoms with van der Waals surface area (Å²) in [7, 11) is 0. The highest BCUT2D eigenvalue weighted by atomic mass is 19.1. The molecule has 0 fully saturated rings. The lowest BCUT2D eigenvalue weighted by molar-refractivity contribution is 0.631. The minimum atomic E-state index is -0.169. The molecule has 3 heteroatoms. The average Bonchev–Trinajstić information content (AvgIpc) is 2.42. The molecule has 0 spiro atoms. The molecule has 0 amide bonds.